The maximum absolute atomic E-state index is 12.4. The van der Waals surface area contributed by atoms with Crippen LogP contribution in [0.2, 0.25) is 0 Å². The average molecular weight is 483 g/mol. The number of benzene rings is 1. The second-order valence-electron chi connectivity index (χ2n) is 4.06. The Morgan fingerprint density at radius 2 is 1.95 bits per heavy atom. The van der Waals surface area contributed by atoms with E-state index < -0.39 is 0 Å². The van der Waals surface area contributed by atoms with Crippen LogP contribution < -0.4 is 4.74 Å². The Hall–Kier alpha value is -0.170. The summed E-state index contributed by atoms with van der Waals surface area (Å²) in [5, 5.41) is 0. The highest BCUT2D eigenvalue weighted by Gasteiger charge is 2.15. The molecule has 0 aliphatic rings. The Morgan fingerprint density at radius 1 is 1.20 bits per heavy atom. The van der Waals surface area contributed by atoms with Gasteiger partial charge in [0, 0.05) is 10.0 Å². The summed E-state index contributed by atoms with van der Waals surface area (Å²) in [5.74, 6) is 0.765. The largest absolute Gasteiger partial charge is 0.492 e. The van der Waals surface area contributed by atoms with E-state index in [9.17, 15) is 4.79 Å². The molecule has 0 atom stereocenters. The van der Waals surface area contributed by atoms with Gasteiger partial charge in [-0.25, -0.2) is 0 Å². The standard InChI is InChI=1S/C14H11Br3O2S/c1-2-5-19-11-4-3-8(6-9(11)15)13(18)12-7-10(16)14(17)20-12/h3-4,6-7H,2,5H2,1H3. The molecule has 0 amide bonds. The highest BCUT2D eigenvalue weighted by Crippen LogP contribution is 2.34. The summed E-state index contributed by atoms with van der Waals surface area (Å²) in [6.07, 6.45) is 0.949. The fourth-order valence-electron chi connectivity index (χ4n) is 1.57. The fraction of sp³-hybridized carbons (Fsp3) is 0.214. The molecule has 0 N–H and O–H groups in total. The lowest BCUT2D eigenvalue weighted by molar-refractivity contribution is 0.104. The van der Waals surface area contributed by atoms with Crippen LogP contribution in [0.25, 0.3) is 0 Å². The summed E-state index contributed by atoms with van der Waals surface area (Å²) in [6, 6.07) is 7.24. The van der Waals surface area contributed by atoms with Gasteiger partial charge in [-0.3, -0.25) is 4.79 Å². The monoisotopic (exact) mass is 480 g/mol. The topological polar surface area (TPSA) is 26.3 Å². The van der Waals surface area contributed by atoms with Gasteiger partial charge in [0.25, 0.3) is 0 Å². The zero-order valence-corrected chi connectivity index (χ0v) is 16.2. The Balaban J connectivity index is 2.24. The Bertz CT molecular complexity index is 618. The van der Waals surface area contributed by atoms with Crippen molar-refractivity contribution in [3.05, 3.63) is 47.4 Å². The van der Waals surface area contributed by atoms with Gasteiger partial charge in [0.05, 0.1) is 19.7 Å². The fourth-order valence-corrected chi connectivity index (χ4v) is 4.06. The summed E-state index contributed by atoms with van der Waals surface area (Å²) in [4.78, 5) is 13.1. The number of ether oxygens (including phenoxy) is 1. The third-order valence-corrected chi connectivity index (χ3v) is 6.40. The molecule has 106 valence electrons. The lowest BCUT2D eigenvalue weighted by Crippen LogP contribution is -2.00. The highest BCUT2D eigenvalue weighted by atomic mass is 79.9. The quantitative estimate of drug-likeness (QED) is 0.484. The predicted molar refractivity (Wildman–Crippen MR) is 93.1 cm³/mol. The molecule has 0 fully saturated rings. The first-order valence-corrected chi connectivity index (χ1v) is 9.14. The molecule has 1 heterocycles. The van der Waals surface area contributed by atoms with Crippen LogP contribution in [0.5, 0.6) is 5.75 Å². The smallest absolute Gasteiger partial charge is 0.203 e. The van der Waals surface area contributed by atoms with Gasteiger partial charge in [0.1, 0.15) is 5.75 Å². The molecule has 1 aromatic heterocycles. The van der Waals surface area contributed by atoms with Crippen LogP contribution in [0, 0.1) is 0 Å². The minimum absolute atomic E-state index is 0.00383. The summed E-state index contributed by atoms with van der Waals surface area (Å²) in [6.45, 7) is 2.72. The van der Waals surface area contributed by atoms with Gasteiger partial charge in [-0.2, -0.15) is 0 Å². The number of carbonyl (C=O) groups excluding carboxylic acids is 1. The number of rotatable bonds is 5. The first-order chi connectivity index (χ1) is 9.52. The van der Waals surface area contributed by atoms with Crippen molar-refractivity contribution < 1.29 is 9.53 Å². The molecule has 0 aliphatic carbocycles. The van der Waals surface area contributed by atoms with Crippen LogP contribution in [-0.2, 0) is 0 Å². The lowest BCUT2D eigenvalue weighted by Gasteiger charge is -2.08. The van der Waals surface area contributed by atoms with Crippen LogP contribution in [0.15, 0.2) is 37.0 Å². The van der Waals surface area contributed by atoms with Crippen molar-refractivity contribution >= 4 is 64.9 Å². The van der Waals surface area contributed by atoms with Crippen molar-refractivity contribution in [2.45, 2.75) is 13.3 Å². The van der Waals surface area contributed by atoms with E-state index in [1.807, 2.05) is 12.1 Å². The van der Waals surface area contributed by atoms with Crippen molar-refractivity contribution in [2.24, 2.45) is 0 Å². The van der Waals surface area contributed by atoms with E-state index in [-0.39, 0.29) is 5.78 Å². The van der Waals surface area contributed by atoms with E-state index in [1.54, 1.807) is 12.1 Å². The van der Waals surface area contributed by atoms with Gasteiger partial charge in [-0.05, 0) is 78.5 Å². The number of carbonyl (C=O) groups is 1. The molecule has 0 saturated heterocycles. The molecule has 6 heteroatoms. The number of halogens is 3. The van der Waals surface area contributed by atoms with Gasteiger partial charge in [-0.1, -0.05) is 6.92 Å². The van der Waals surface area contributed by atoms with Crippen LogP contribution in [0.1, 0.15) is 28.6 Å². The second kappa shape index (κ2) is 7.20. The molecule has 0 bridgehead atoms. The molecule has 0 radical (unpaired) electrons. The van der Waals surface area contributed by atoms with Gasteiger partial charge >= 0.3 is 0 Å². The molecule has 0 saturated carbocycles. The zero-order chi connectivity index (χ0) is 14.7. The SMILES string of the molecule is CCCOc1ccc(C(=O)c2cc(Br)c(Br)s2)cc1Br. The Morgan fingerprint density at radius 3 is 2.50 bits per heavy atom. The summed E-state index contributed by atoms with van der Waals surface area (Å²) >= 11 is 11.7. The minimum Gasteiger partial charge on any atom is -0.492 e. The summed E-state index contributed by atoms with van der Waals surface area (Å²) < 4.78 is 8.19. The third-order valence-electron chi connectivity index (χ3n) is 2.52. The molecule has 0 aliphatic heterocycles. The van der Waals surface area contributed by atoms with Crippen LogP contribution in [-0.4, -0.2) is 12.4 Å². The van der Waals surface area contributed by atoms with E-state index in [2.05, 4.69) is 54.7 Å². The van der Waals surface area contributed by atoms with E-state index in [0.717, 1.165) is 24.9 Å². The summed E-state index contributed by atoms with van der Waals surface area (Å²) in [7, 11) is 0. The Labute approximate surface area is 146 Å². The van der Waals surface area contributed by atoms with Crippen molar-refractivity contribution in [1.82, 2.24) is 0 Å². The molecule has 1 aromatic carbocycles. The summed E-state index contributed by atoms with van der Waals surface area (Å²) in [5.41, 5.74) is 0.641. The van der Waals surface area contributed by atoms with E-state index in [4.69, 9.17) is 4.74 Å². The van der Waals surface area contributed by atoms with E-state index in [1.165, 1.54) is 11.3 Å². The van der Waals surface area contributed by atoms with Gasteiger partial charge in [0.15, 0.2) is 0 Å². The minimum atomic E-state index is 0.00383. The third kappa shape index (κ3) is 3.72. The van der Waals surface area contributed by atoms with Crippen molar-refractivity contribution in [3.8, 4) is 5.75 Å². The number of ketones is 1. The van der Waals surface area contributed by atoms with Gasteiger partial charge in [0.2, 0.25) is 5.78 Å². The van der Waals surface area contributed by atoms with Crippen molar-refractivity contribution in [2.75, 3.05) is 6.61 Å². The number of hydrogen-bond acceptors (Lipinski definition) is 3. The van der Waals surface area contributed by atoms with Crippen LogP contribution in [0.3, 0.4) is 0 Å². The van der Waals surface area contributed by atoms with Crippen molar-refractivity contribution in [1.29, 1.82) is 0 Å². The first-order valence-electron chi connectivity index (χ1n) is 5.94. The molecule has 0 unspecified atom stereocenters. The van der Waals surface area contributed by atoms with Crippen LogP contribution >= 0.6 is 59.1 Å². The maximum Gasteiger partial charge on any atom is 0.203 e. The molecule has 2 rings (SSSR count). The first kappa shape index (κ1) is 16.2. The zero-order valence-electron chi connectivity index (χ0n) is 10.6. The predicted octanol–water partition coefficient (Wildman–Crippen LogP) is 6.06. The van der Waals surface area contributed by atoms with Gasteiger partial charge in [-0.15, -0.1) is 11.3 Å². The molecule has 2 nitrogen and oxygen atoms in total. The molecule has 0 spiro atoms. The molecular weight excluding hydrogens is 472 g/mol. The van der Waals surface area contributed by atoms with E-state index >= 15 is 0 Å². The van der Waals surface area contributed by atoms with Gasteiger partial charge < -0.3 is 4.74 Å². The van der Waals surface area contributed by atoms with Crippen LogP contribution in [0.4, 0.5) is 0 Å². The second-order valence-corrected chi connectivity index (χ2v) is 8.13. The van der Waals surface area contributed by atoms with Crippen molar-refractivity contribution in [3.63, 3.8) is 0 Å². The normalized spacial score (nSPS) is 10.6. The van der Waals surface area contributed by atoms with E-state index in [0.29, 0.717) is 17.0 Å². The average Bonchev–Trinajstić information content (AvgIpc) is 2.76. The highest BCUT2D eigenvalue weighted by molar-refractivity contribution is 9.13. The maximum atomic E-state index is 12.4. The lowest BCUT2D eigenvalue weighted by atomic mass is 10.1. The molecule has 2 aromatic rings. The number of hydrogen-bond donors (Lipinski definition) is 0. The molecule has 20 heavy (non-hydrogen) atoms. The number of thiophene rings is 1. The Kier molecular flexibility index (Phi) is 5.84. The molecular formula is C14H11Br3O2S.